The summed E-state index contributed by atoms with van der Waals surface area (Å²) in [6.07, 6.45) is 0. The molecule has 1 aromatic heterocycles. The first-order valence-electron chi connectivity index (χ1n) is 5.51. The third-order valence-electron chi connectivity index (χ3n) is 2.29. The summed E-state index contributed by atoms with van der Waals surface area (Å²) >= 11 is 0. The number of esters is 1. The number of carbonyl (C=O) groups excluding carboxylic acids is 1. The minimum Gasteiger partial charge on any atom is -0.496 e. The van der Waals surface area contributed by atoms with Crippen LogP contribution in [0.4, 0.5) is 4.39 Å². The summed E-state index contributed by atoms with van der Waals surface area (Å²) in [6, 6.07) is 4.26. The minimum atomic E-state index is -0.729. The van der Waals surface area contributed by atoms with Crippen molar-refractivity contribution in [1.82, 2.24) is 10.1 Å². The smallest absolute Gasteiger partial charge is 0.379 e. The van der Waals surface area contributed by atoms with Crippen LogP contribution in [0.25, 0.3) is 11.5 Å². The van der Waals surface area contributed by atoms with Crippen molar-refractivity contribution < 1.29 is 23.2 Å². The second-order valence-electron chi connectivity index (χ2n) is 3.46. The van der Waals surface area contributed by atoms with Gasteiger partial charge in [-0.1, -0.05) is 6.07 Å². The number of hydrogen-bond donors (Lipinski definition) is 0. The number of hydrogen-bond acceptors (Lipinski definition) is 6. The Morgan fingerprint density at radius 1 is 1.47 bits per heavy atom. The van der Waals surface area contributed by atoms with Crippen LogP contribution in [0, 0.1) is 5.82 Å². The number of aromatic nitrogens is 2. The summed E-state index contributed by atoms with van der Waals surface area (Å²) < 4.78 is 28.3. The van der Waals surface area contributed by atoms with Gasteiger partial charge in [0, 0.05) is 0 Å². The molecule has 0 aliphatic rings. The van der Waals surface area contributed by atoms with Crippen molar-refractivity contribution in [3.05, 3.63) is 29.8 Å². The molecule has 1 heterocycles. The maximum atomic E-state index is 13.8. The largest absolute Gasteiger partial charge is 0.496 e. The van der Waals surface area contributed by atoms with Crippen molar-refractivity contribution in [3.63, 3.8) is 0 Å². The Bertz CT molecular complexity index is 597. The summed E-state index contributed by atoms with van der Waals surface area (Å²) in [5.41, 5.74) is 0.00745. The highest BCUT2D eigenvalue weighted by Crippen LogP contribution is 2.31. The van der Waals surface area contributed by atoms with Gasteiger partial charge >= 0.3 is 5.97 Å². The molecule has 7 heteroatoms. The summed E-state index contributed by atoms with van der Waals surface area (Å²) in [5, 5.41) is 3.44. The highest BCUT2D eigenvalue weighted by atomic mass is 19.1. The van der Waals surface area contributed by atoms with Gasteiger partial charge in [-0.05, 0) is 24.2 Å². The maximum absolute atomic E-state index is 13.8. The first-order valence-corrected chi connectivity index (χ1v) is 5.51. The fourth-order valence-corrected chi connectivity index (χ4v) is 1.49. The van der Waals surface area contributed by atoms with Crippen molar-refractivity contribution in [1.29, 1.82) is 0 Å². The number of carbonyl (C=O) groups is 1. The van der Waals surface area contributed by atoms with Crippen molar-refractivity contribution in [2.75, 3.05) is 13.7 Å². The molecule has 0 radical (unpaired) electrons. The van der Waals surface area contributed by atoms with Gasteiger partial charge in [0.15, 0.2) is 0 Å². The first kappa shape index (κ1) is 13.0. The Kier molecular flexibility index (Phi) is 3.74. The zero-order valence-corrected chi connectivity index (χ0v) is 10.3. The Balaban J connectivity index is 2.41. The second kappa shape index (κ2) is 5.47. The fraction of sp³-hybridized carbons (Fsp3) is 0.250. The molecule has 0 spiro atoms. The van der Waals surface area contributed by atoms with E-state index in [1.165, 1.54) is 19.2 Å². The van der Waals surface area contributed by atoms with E-state index in [1.807, 2.05) is 0 Å². The van der Waals surface area contributed by atoms with Crippen LogP contribution in [0.3, 0.4) is 0 Å². The Hall–Kier alpha value is -2.44. The van der Waals surface area contributed by atoms with E-state index in [1.54, 1.807) is 13.0 Å². The molecule has 0 N–H and O–H groups in total. The minimum absolute atomic E-state index is 0.00745. The van der Waals surface area contributed by atoms with E-state index in [9.17, 15) is 9.18 Å². The van der Waals surface area contributed by atoms with Crippen molar-refractivity contribution in [3.8, 4) is 17.2 Å². The van der Waals surface area contributed by atoms with Crippen LogP contribution in [0.5, 0.6) is 5.75 Å². The summed E-state index contributed by atoms with van der Waals surface area (Å²) in [6.45, 7) is 1.84. The van der Waals surface area contributed by atoms with Crippen LogP contribution in [-0.4, -0.2) is 29.8 Å². The fourth-order valence-electron chi connectivity index (χ4n) is 1.49. The molecular weight excluding hydrogens is 255 g/mol. The summed E-state index contributed by atoms with van der Waals surface area (Å²) in [5.74, 6) is -1.48. The van der Waals surface area contributed by atoms with E-state index < -0.39 is 11.8 Å². The van der Waals surface area contributed by atoms with E-state index in [-0.39, 0.29) is 29.6 Å². The van der Waals surface area contributed by atoms with Crippen LogP contribution in [-0.2, 0) is 4.74 Å². The Morgan fingerprint density at radius 3 is 2.95 bits per heavy atom. The molecule has 0 bridgehead atoms. The average Bonchev–Trinajstić information content (AvgIpc) is 2.88. The molecule has 0 aliphatic heterocycles. The lowest BCUT2D eigenvalue weighted by molar-refractivity contribution is 0.0508. The lowest BCUT2D eigenvalue weighted by Crippen LogP contribution is -2.06. The Labute approximate surface area is 108 Å². The van der Waals surface area contributed by atoms with E-state index in [0.717, 1.165) is 0 Å². The average molecular weight is 266 g/mol. The van der Waals surface area contributed by atoms with Crippen molar-refractivity contribution in [2.45, 2.75) is 6.92 Å². The quantitative estimate of drug-likeness (QED) is 0.788. The number of nitrogens with zero attached hydrogens (tertiary/aromatic N) is 2. The summed E-state index contributed by atoms with van der Waals surface area (Å²) in [4.78, 5) is 15.2. The third-order valence-corrected chi connectivity index (χ3v) is 2.29. The van der Waals surface area contributed by atoms with Gasteiger partial charge in [-0.2, -0.15) is 4.98 Å². The molecule has 0 saturated carbocycles. The topological polar surface area (TPSA) is 74.5 Å². The van der Waals surface area contributed by atoms with E-state index in [2.05, 4.69) is 10.1 Å². The molecule has 2 aromatic rings. The molecule has 6 nitrogen and oxygen atoms in total. The van der Waals surface area contributed by atoms with Gasteiger partial charge in [0.2, 0.25) is 0 Å². The molecule has 0 unspecified atom stereocenters. The van der Waals surface area contributed by atoms with Crippen molar-refractivity contribution in [2.24, 2.45) is 0 Å². The molecule has 0 aliphatic carbocycles. The lowest BCUT2D eigenvalue weighted by atomic mass is 10.2. The molecule has 19 heavy (non-hydrogen) atoms. The second-order valence-corrected chi connectivity index (χ2v) is 3.46. The van der Waals surface area contributed by atoms with Gasteiger partial charge in [-0.25, -0.2) is 9.18 Å². The first-order chi connectivity index (χ1) is 9.17. The van der Waals surface area contributed by atoms with Crippen LogP contribution < -0.4 is 4.74 Å². The molecular formula is C12H11FN2O4. The van der Waals surface area contributed by atoms with Gasteiger partial charge in [-0.15, -0.1) is 0 Å². The van der Waals surface area contributed by atoms with Gasteiger partial charge in [0.1, 0.15) is 17.1 Å². The van der Waals surface area contributed by atoms with Crippen molar-refractivity contribution >= 4 is 5.97 Å². The van der Waals surface area contributed by atoms with Crippen LogP contribution in [0.1, 0.15) is 17.5 Å². The normalized spacial score (nSPS) is 10.3. The monoisotopic (exact) mass is 266 g/mol. The third kappa shape index (κ3) is 2.54. The predicted octanol–water partition coefficient (Wildman–Crippen LogP) is 2.06. The zero-order valence-electron chi connectivity index (χ0n) is 10.3. The molecule has 1 aromatic carbocycles. The SMILES string of the molecule is CCOC(=O)c1noc(-c2c(F)cccc2OC)n1. The predicted molar refractivity (Wildman–Crippen MR) is 62.2 cm³/mol. The molecule has 0 fully saturated rings. The van der Waals surface area contributed by atoms with Gasteiger partial charge < -0.3 is 14.0 Å². The summed E-state index contributed by atoms with van der Waals surface area (Å²) in [7, 11) is 1.39. The molecule has 100 valence electrons. The number of halogens is 1. The lowest BCUT2D eigenvalue weighted by Gasteiger charge is -2.04. The number of methoxy groups -OCH3 is 1. The molecule has 0 amide bonds. The Morgan fingerprint density at radius 2 is 2.26 bits per heavy atom. The van der Waals surface area contributed by atoms with Gasteiger partial charge in [0.25, 0.3) is 11.7 Å². The standard InChI is InChI=1S/C12H11FN2O4/c1-3-18-12(16)10-14-11(19-15-10)9-7(13)5-4-6-8(9)17-2/h4-6H,3H2,1-2H3. The maximum Gasteiger partial charge on any atom is 0.379 e. The van der Waals surface area contributed by atoms with E-state index in [4.69, 9.17) is 14.0 Å². The van der Waals surface area contributed by atoms with Crippen LogP contribution >= 0.6 is 0 Å². The van der Waals surface area contributed by atoms with Crippen LogP contribution in [0.15, 0.2) is 22.7 Å². The van der Waals surface area contributed by atoms with Crippen LogP contribution in [0.2, 0.25) is 0 Å². The zero-order chi connectivity index (χ0) is 13.8. The number of ether oxygens (including phenoxy) is 2. The highest BCUT2D eigenvalue weighted by Gasteiger charge is 2.21. The van der Waals surface area contributed by atoms with E-state index in [0.29, 0.717) is 0 Å². The molecule has 0 atom stereocenters. The van der Waals surface area contributed by atoms with Gasteiger partial charge in [0.05, 0.1) is 13.7 Å². The number of benzene rings is 1. The molecule has 0 saturated heterocycles. The highest BCUT2D eigenvalue weighted by molar-refractivity contribution is 5.85. The van der Waals surface area contributed by atoms with E-state index >= 15 is 0 Å². The van der Waals surface area contributed by atoms with Gasteiger partial charge in [-0.3, -0.25) is 0 Å². The molecule has 2 rings (SSSR count). The number of rotatable bonds is 4.